The molecular formula is C9H18O5S. The number of rotatable bonds is 3. The van der Waals surface area contributed by atoms with Gasteiger partial charge in [0.1, 0.15) is 5.60 Å². The van der Waals surface area contributed by atoms with E-state index in [4.69, 9.17) is 0 Å². The molecule has 90 valence electrons. The molecule has 1 rings (SSSR count). The van der Waals surface area contributed by atoms with Crippen LogP contribution in [0.15, 0.2) is 0 Å². The molecule has 0 aliphatic heterocycles. The van der Waals surface area contributed by atoms with Crippen LogP contribution < -0.4 is 0 Å². The largest absolute Gasteiger partial charge is 0.390 e. The van der Waals surface area contributed by atoms with Gasteiger partial charge in [0.2, 0.25) is 0 Å². The van der Waals surface area contributed by atoms with Crippen molar-refractivity contribution in [2.45, 2.75) is 43.8 Å². The zero-order valence-electron chi connectivity index (χ0n) is 8.85. The number of aliphatic hydroxyl groups is 2. The Labute approximate surface area is 90.2 Å². The summed E-state index contributed by atoms with van der Waals surface area (Å²) < 4.78 is 26.1. The van der Waals surface area contributed by atoms with Gasteiger partial charge in [-0.15, -0.1) is 0 Å². The van der Waals surface area contributed by atoms with Crippen molar-refractivity contribution in [1.82, 2.24) is 0 Å². The van der Waals surface area contributed by atoms with Gasteiger partial charge in [-0.1, -0.05) is 19.3 Å². The Kier molecular flexibility index (Phi) is 4.11. The van der Waals surface area contributed by atoms with Crippen molar-refractivity contribution in [2.75, 3.05) is 12.9 Å². The monoisotopic (exact) mass is 238 g/mol. The van der Waals surface area contributed by atoms with E-state index in [2.05, 4.69) is 4.18 Å². The molecule has 1 aliphatic carbocycles. The summed E-state index contributed by atoms with van der Waals surface area (Å²) in [5.41, 5.74) is -1.42. The highest BCUT2D eigenvalue weighted by atomic mass is 32.2. The summed E-state index contributed by atoms with van der Waals surface area (Å²) in [6, 6.07) is 0. The molecule has 0 radical (unpaired) electrons. The van der Waals surface area contributed by atoms with Crippen LogP contribution in [0.4, 0.5) is 0 Å². The van der Waals surface area contributed by atoms with Gasteiger partial charge in [-0.25, -0.2) is 0 Å². The van der Waals surface area contributed by atoms with Crippen LogP contribution in [0.5, 0.6) is 0 Å². The second-order valence-corrected chi connectivity index (χ2v) is 5.83. The summed E-state index contributed by atoms with van der Waals surface area (Å²) in [6.45, 7) is -0.354. The standard InChI is InChI=1S/C9H18O5S/c1-15(12,13)14-7-9(11)6-4-2-3-5-8(9)10/h8,10-11H,2-7H2,1H3/t8-,9-/m1/s1. The molecule has 0 saturated heterocycles. The van der Waals surface area contributed by atoms with Crippen molar-refractivity contribution in [3.05, 3.63) is 0 Å². The highest BCUT2D eigenvalue weighted by molar-refractivity contribution is 7.85. The first-order valence-corrected chi connectivity index (χ1v) is 6.90. The van der Waals surface area contributed by atoms with E-state index in [1.165, 1.54) is 0 Å². The molecule has 5 nitrogen and oxygen atoms in total. The van der Waals surface area contributed by atoms with E-state index >= 15 is 0 Å². The molecule has 0 amide bonds. The van der Waals surface area contributed by atoms with Gasteiger partial charge in [0.25, 0.3) is 10.1 Å². The third-order valence-electron chi connectivity index (χ3n) is 2.73. The molecule has 1 aliphatic rings. The summed E-state index contributed by atoms with van der Waals surface area (Å²) in [5, 5.41) is 19.7. The first kappa shape index (κ1) is 12.9. The molecule has 15 heavy (non-hydrogen) atoms. The van der Waals surface area contributed by atoms with E-state index in [0.717, 1.165) is 25.5 Å². The molecule has 6 heteroatoms. The van der Waals surface area contributed by atoms with E-state index in [9.17, 15) is 18.6 Å². The maximum atomic E-state index is 10.8. The Morgan fingerprint density at radius 1 is 1.40 bits per heavy atom. The van der Waals surface area contributed by atoms with Crippen LogP contribution in [-0.2, 0) is 14.3 Å². The third kappa shape index (κ3) is 4.06. The first-order valence-electron chi connectivity index (χ1n) is 5.08. The van der Waals surface area contributed by atoms with Gasteiger partial charge in [0.15, 0.2) is 0 Å². The highest BCUT2D eigenvalue weighted by Crippen LogP contribution is 2.28. The maximum absolute atomic E-state index is 10.8. The summed E-state index contributed by atoms with van der Waals surface area (Å²) in [6.07, 6.45) is 3.47. The van der Waals surface area contributed by atoms with Gasteiger partial charge in [-0.05, 0) is 12.8 Å². The lowest BCUT2D eigenvalue weighted by molar-refractivity contribution is -0.101. The predicted octanol–water partition coefficient (Wildman–Crippen LogP) is 0.0187. The van der Waals surface area contributed by atoms with Crippen LogP contribution in [-0.4, -0.2) is 43.2 Å². The predicted molar refractivity (Wildman–Crippen MR) is 54.8 cm³/mol. The minimum Gasteiger partial charge on any atom is -0.390 e. The Morgan fingerprint density at radius 3 is 2.67 bits per heavy atom. The number of aliphatic hydroxyl groups excluding tert-OH is 1. The highest BCUT2D eigenvalue weighted by Gasteiger charge is 2.37. The Hall–Kier alpha value is -0.170. The van der Waals surface area contributed by atoms with E-state index in [1.807, 2.05) is 0 Å². The van der Waals surface area contributed by atoms with Crippen molar-refractivity contribution < 1.29 is 22.8 Å². The zero-order chi connectivity index (χ0) is 11.5. The molecule has 1 fully saturated rings. The average molecular weight is 238 g/mol. The Balaban J connectivity index is 2.62. The van der Waals surface area contributed by atoms with Crippen LogP contribution >= 0.6 is 0 Å². The molecule has 2 N–H and O–H groups in total. The fourth-order valence-electron chi connectivity index (χ4n) is 1.76. The van der Waals surface area contributed by atoms with Gasteiger partial charge in [-0.3, -0.25) is 4.18 Å². The molecule has 0 spiro atoms. The van der Waals surface area contributed by atoms with E-state index in [0.29, 0.717) is 12.8 Å². The third-order valence-corrected chi connectivity index (χ3v) is 3.28. The van der Waals surface area contributed by atoms with Gasteiger partial charge in [-0.2, -0.15) is 8.42 Å². The quantitative estimate of drug-likeness (QED) is 0.535. The van der Waals surface area contributed by atoms with Gasteiger partial charge in [0.05, 0.1) is 19.0 Å². The molecular weight excluding hydrogens is 220 g/mol. The lowest BCUT2D eigenvalue weighted by Gasteiger charge is -2.30. The summed E-state index contributed by atoms with van der Waals surface area (Å²) >= 11 is 0. The van der Waals surface area contributed by atoms with Crippen LogP contribution in [0, 0.1) is 0 Å². The normalized spacial score (nSPS) is 33.7. The maximum Gasteiger partial charge on any atom is 0.264 e. The number of hydrogen-bond donors (Lipinski definition) is 2. The fraction of sp³-hybridized carbons (Fsp3) is 1.00. The SMILES string of the molecule is CS(=O)(=O)OC[C@]1(O)CCCCC[C@H]1O. The second kappa shape index (κ2) is 4.78. The topological polar surface area (TPSA) is 83.8 Å². The van der Waals surface area contributed by atoms with E-state index < -0.39 is 21.8 Å². The molecule has 0 aromatic carbocycles. The molecule has 0 aromatic rings. The lowest BCUT2D eigenvalue weighted by atomic mass is 9.93. The van der Waals surface area contributed by atoms with Crippen LogP contribution in [0.25, 0.3) is 0 Å². The lowest BCUT2D eigenvalue weighted by Crippen LogP contribution is -2.46. The molecule has 0 heterocycles. The summed E-state index contributed by atoms with van der Waals surface area (Å²) in [7, 11) is -3.57. The Bertz CT molecular complexity index is 300. The van der Waals surface area contributed by atoms with E-state index in [1.54, 1.807) is 0 Å². The van der Waals surface area contributed by atoms with Crippen LogP contribution in [0.2, 0.25) is 0 Å². The van der Waals surface area contributed by atoms with Crippen molar-refractivity contribution in [2.24, 2.45) is 0 Å². The van der Waals surface area contributed by atoms with Crippen molar-refractivity contribution in [3.63, 3.8) is 0 Å². The molecule has 2 atom stereocenters. The molecule has 0 aromatic heterocycles. The van der Waals surface area contributed by atoms with E-state index in [-0.39, 0.29) is 6.61 Å². The molecule has 1 saturated carbocycles. The van der Waals surface area contributed by atoms with Crippen molar-refractivity contribution >= 4 is 10.1 Å². The molecule has 0 unspecified atom stereocenters. The van der Waals surface area contributed by atoms with Gasteiger partial charge < -0.3 is 10.2 Å². The Morgan fingerprint density at radius 2 is 2.07 bits per heavy atom. The smallest absolute Gasteiger partial charge is 0.264 e. The number of hydrogen-bond acceptors (Lipinski definition) is 5. The van der Waals surface area contributed by atoms with Crippen LogP contribution in [0.1, 0.15) is 32.1 Å². The summed E-state index contributed by atoms with van der Waals surface area (Å²) in [4.78, 5) is 0. The first-order chi connectivity index (χ1) is 6.83. The molecule has 0 bridgehead atoms. The minimum atomic E-state index is -3.57. The van der Waals surface area contributed by atoms with Crippen molar-refractivity contribution in [3.8, 4) is 0 Å². The average Bonchev–Trinajstić information content (AvgIpc) is 2.27. The minimum absolute atomic E-state index is 0.354. The second-order valence-electron chi connectivity index (χ2n) is 4.19. The van der Waals surface area contributed by atoms with Crippen LogP contribution in [0.3, 0.4) is 0 Å². The van der Waals surface area contributed by atoms with Crippen molar-refractivity contribution in [1.29, 1.82) is 0 Å². The fourth-order valence-corrected chi connectivity index (χ4v) is 2.18. The van der Waals surface area contributed by atoms with Gasteiger partial charge >= 0.3 is 0 Å². The van der Waals surface area contributed by atoms with Gasteiger partial charge in [0, 0.05) is 0 Å². The zero-order valence-corrected chi connectivity index (χ0v) is 9.66. The summed E-state index contributed by atoms with van der Waals surface area (Å²) in [5.74, 6) is 0.